The second-order valence-electron chi connectivity index (χ2n) is 5.10. The van der Waals surface area contributed by atoms with Crippen molar-refractivity contribution in [1.29, 1.82) is 0 Å². The van der Waals surface area contributed by atoms with Crippen LogP contribution in [0.25, 0.3) is 10.9 Å². The highest BCUT2D eigenvalue weighted by Gasteiger charge is 2.18. The molecule has 0 spiro atoms. The molecule has 0 aliphatic carbocycles. The van der Waals surface area contributed by atoms with Crippen molar-refractivity contribution in [2.75, 3.05) is 0 Å². The summed E-state index contributed by atoms with van der Waals surface area (Å²) in [6.07, 6.45) is 1.71. The van der Waals surface area contributed by atoms with Gasteiger partial charge in [-0.25, -0.2) is 0 Å². The second kappa shape index (κ2) is 4.08. The number of aromatic nitrogens is 1. The molecule has 0 bridgehead atoms. The van der Waals surface area contributed by atoms with Gasteiger partial charge >= 0.3 is 0 Å². The highest BCUT2D eigenvalue weighted by molar-refractivity contribution is 6.31. The zero-order valence-corrected chi connectivity index (χ0v) is 10.9. The molecule has 0 saturated heterocycles. The highest BCUT2D eigenvalue weighted by atomic mass is 35.5. The molecular weight excluding hydrogens is 236 g/mol. The first-order valence-corrected chi connectivity index (χ1v) is 5.84. The molecule has 0 radical (unpaired) electrons. The molecule has 3 nitrogen and oxygen atoms in total. The van der Waals surface area contributed by atoms with Crippen LogP contribution >= 0.6 is 11.6 Å². The van der Waals surface area contributed by atoms with Gasteiger partial charge in [-0.05, 0) is 32.9 Å². The van der Waals surface area contributed by atoms with E-state index in [0.717, 1.165) is 10.9 Å². The van der Waals surface area contributed by atoms with Gasteiger partial charge in [0, 0.05) is 27.7 Å². The third-order valence-electron chi connectivity index (χ3n) is 2.38. The number of benzene rings is 1. The van der Waals surface area contributed by atoms with E-state index >= 15 is 0 Å². The zero-order valence-electron chi connectivity index (χ0n) is 10.1. The molecular formula is C13H15ClN2O. The second-order valence-corrected chi connectivity index (χ2v) is 5.53. The summed E-state index contributed by atoms with van der Waals surface area (Å²) in [5.41, 5.74) is 1.27. The Morgan fingerprint density at radius 1 is 1.35 bits per heavy atom. The lowest BCUT2D eigenvalue weighted by Crippen LogP contribution is -2.40. The normalized spacial score (nSPS) is 11.8. The van der Waals surface area contributed by atoms with Gasteiger partial charge in [0.15, 0.2) is 0 Å². The van der Waals surface area contributed by atoms with Crippen LogP contribution in [0, 0.1) is 0 Å². The van der Waals surface area contributed by atoms with Crippen LogP contribution in [0.3, 0.4) is 0 Å². The Hall–Kier alpha value is -1.48. The summed E-state index contributed by atoms with van der Waals surface area (Å²) < 4.78 is 0. The van der Waals surface area contributed by atoms with E-state index in [4.69, 9.17) is 11.6 Å². The molecule has 1 aromatic heterocycles. The molecule has 1 aromatic carbocycles. The van der Waals surface area contributed by atoms with Crippen molar-refractivity contribution in [1.82, 2.24) is 10.3 Å². The number of halogens is 1. The molecule has 1 amide bonds. The maximum Gasteiger partial charge on any atom is 0.253 e. The van der Waals surface area contributed by atoms with Gasteiger partial charge in [-0.1, -0.05) is 17.7 Å². The molecule has 0 atom stereocenters. The molecule has 2 N–H and O–H groups in total. The number of rotatable bonds is 1. The van der Waals surface area contributed by atoms with Crippen molar-refractivity contribution in [2.24, 2.45) is 0 Å². The Labute approximate surface area is 105 Å². The third kappa shape index (κ3) is 2.61. The Bertz CT molecular complexity index is 566. The largest absolute Gasteiger partial charge is 0.360 e. The topological polar surface area (TPSA) is 44.9 Å². The number of carbonyl (C=O) groups is 1. The van der Waals surface area contributed by atoms with Crippen molar-refractivity contribution in [2.45, 2.75) is 26.3 Å². The molecule has 0 aliphatic heterocycles. The number of hydrogen-bond acceptors (Lipinski definition) is 1. The molecule has 0 unspecified atom stereocenters. The van der Waals surface area contributed by atoms with Crippen LogP contribution < -0.4 is 5.32 Å². The number of fused-ring (bicyclic) bond motifs is 1. The van der Waals surface area contributed by atoms with Gasteiger partial charge in [-0.3, -0.25) is 4.79 Å². The Kier molecular flexibility index (Phi) is 2.87. The molecule has 2 aromatic rings. The smallest absolute Gasteiger partial charge is 0.253 e. The zero-order chi connectivity index (χ0) is 12.6. The van der Waals surface area contributed by atoms with E-state index in [9.17, 15) is 4.79 Å². The summed E-state index contributed by atoms with van der Waals surface area (Å²) in [6.45, 7) is 5.86. The fourth-order valence-electron chi connectivity index (χ4n) is 1.69. The van der Waals surface area contributed by atoms with Crippen LogP contribution in [0.1, 0.15) is 31.1 Å². The van der Waals surface area contributed by atoms with E-state index in [2.05, 4.69) is 10.3 Å². The molecule has 4 heteroatoms. The number of nitrogens with one attached hydrogen (secondary N) is 2. The first-order valence-electron chi connectivity index (χ1n) is 5.46. The first-order chi connectivity index (χ1) is 7.87. The molecule has 0 fully saturated rings. The number of aromatic amines is 1. The lowest BCUT2D eigenvalue weighted by molar-refractivity contribution is 0.0921. The van der Waals surface area contributed by atoms with Crippen LogP contribution in [0.5, 0.6) is 0 Å². The molecule has 0 aliphatic rings. The minimum Gasteiger partial charge on any atom is -0.360 e. The lowest BCUT2D eigenvalue weighted by Gasteiger charge is -2.20. The molecule has 2 rings (SSSR count). The maximum absolute atomic E-state index is 12.1. The number of hydrogen-bond donors (Lipinski definition) is 2. The summed E-state index contributed by atoms with van der Waals surface area (Å²) in [4.78, 5) is 15.1. The van der Waals surface area contributed by atoms with Gasteiger partial charge in [-0.2, -0.15) is 0 Å². The molecule has 1 heterocycles. The van der Waals surface area contributed by atoms with Crippen molar-refractivity contribution in [3.63, 3.8) is 0 Å². The van der Waals surface area contributed by atoms with Crippen molar-refractivity contribution >= 4 is 28.4 Å². The summed E-state index contributed by atoms with van der Waals surface area (Å²) in [7, 11) is 0. The van der Waals surface area contributed by atoms with E-state index in [1.807, 2.05) is 32.9 Å². The first kappa shape index (κ1) is 12.0. The number of H-pyrrole nitrogens is 1. The minimum absolute atomic E-state index is 0.0777. The standard InChI is InChI=1S/C13H15ClN2O/c1-13(2,3)16-12(17)10-7-15-11-6-8(14)4-5-9(10)11/h4-7,15H,1-3H3,(H,16,17). The van der Waals surface area contributed by atoms with Gasteiger partial charge in [0.2, 0.25) is 0 Å². The fraction of sp³-hybridized carbons (Fsp3) is 0.308. The monoisotopic (exact) mass is 250 g/mol. The number of carbonyl (C=O) groups excluding carboxylic acids is 1. The van der Waals surface area contributed by atoms with Gasteiger partial charge < -0.3 is 10.3 Å². The summed E-state index contributed by atoms with van der Waals surface area (Å²) in [5.74, 6) is -0.0777. The third-order valence-corrected chi connectivity index (χ3v) is 2.61. The van der Waals surface area contributed by atoms with E-state index in [1.165, 1.54) is 0 Å². The quantitative estimate of drug-likeness (QED) is 0.801. The van der Waals surface area contributed by atoms with Crippen LogP contribution in [0.2, 0.25) is 5.02 Å². The Balaban J connectivity index is 2.40. The minimum atomic E-state index is -0.243. The maximum atomic E-state index is 12.1. The van der Waals surface area contributed by atoms with Gasteiger partial charge in [0.25, 0.3) is 5.91 Å². The lowest BCUT2D eigenvalue weighted by atomic mass is 10.1. The molecule has 0 saturated carbocycles. The van der Waals surface area contributed by atoms with Crippen molar-refractivity contribution < 1.29 is 4.79 Å². The van der Waals surface area contributed by atoms with E-state index in [0.29, 0.717) is 10.6 Å². The number of amides is 1. The van der Waals surface area contributed by atoms with Gasteiger partial charge in [-0.15, -0.1) is 0 Å². The van der Waals surface area contributed by atoms with E-state index in [-0.39, 0.29) is 11.4 Å². The van der Waals surface area contributed by atoms with E-state index < -0.39 is 0 Å². The Morgan fingerprint density at radius 2 is 2.06 bits per heavy atom. The molecule has 90 valence electrons. The van der Waals surface area contributed by atoms with E-state index in [1.54, 1.807) is 12.3 Å². The van der Waals surface area contributed by atoms with Crippen LogP contribution in [0.15, 0.2) is 24.4 Å². The fourth-order valence-corrected chi connectivity index (χ4v) is 1.87. The van der Waals surface area contributed by atoms with Crippen LogP contribution in [-0.2, 0) is 0 Å². The average Bonchev–Trinajstić information content (AvgIpc) is 2.57. The van der Waals surface area contributed by atoms with Gasteiger partial charge in [0.05, 0.1) is 5.56 Å². The van der Waals surface area contributed by atoms with Crippen LogP contribution in [-0.4, -0.2) is 16.4 Å². The SMILES string of the molecule is CC(C)(C)NC(=O)c1c[nH]c2cc(Cl)ccc12. The van der Waals surface area contributed by atoms with Crippen molar-refractivity contribution in [3.05, 3.63) is 35.0 Å². The Morgan fingerprint density at radius 3 is 2.71 bits per heavy atom. The van der Waals surface area contributed by atoms with Gasteiger partial charge in [0.1, 0.15) is 0 Å². The predicted octanol–water partition coefficient (Wildman–Crippen LogP) is 3.35. The predicted molar refractivity (Wildman–Crippen MR) is 70.5 cm³/mol. The highest BCUT2D eigenvalue weighted by Crippen LogP contribution is 2.22. The summed E-state index contributed by atoms with van der Waals surface area (Å²) in [5, 5.41) is 4.48. The average molecular weight is 251 g/mol. The van der Waals surface area contributed by atoms with Crippen LogP contribution in [0.4, 0.5) is 0 Å². The summed E-state index contributed by atoms with van der Waals surface area (Å²) >= 11 is 5.89. The summed E-state index contributed by atoms with van der Waals surface area (Å²) in [6, 6.07) is 5.45. The molecule has 17 heavy (non-hydrogen) atoms. The van der Waals surface area contributed by atoms with Crippen molar-refractivity contribution in [3.8, 4) is 0 Å².